The molecule has 0 amide bonds. The van der Waals surface area contributed by atoms with E-state index in [0.717, 1.165) is 11.4 Å². The van der Waals surface area contributed by atoms with Gasteiger partial charge in [-0.3, -0.25) is 0 Å². The van der Waals surface area contributed by atoms with E-state index in [-0.39, 0.29) is 17.0 Å². The largest absolute Gasteiger partial charge is 0.244 e. The van der Waals surface area contributed by atoms with Crippen molar-refractivity contribution in [1.82, 2.24) is 19.6 Å². The van der Waals surface area contributed by atoms with Gasteiger partial charge in [-0.25, -0.2) is 9.36 Å². The van der Waals surface area contributed by atoms with Gasteiger partial charge >= 0.3 is 0 Å². The van der Waals surface area contributed by atoms with Crippen LogP contribution in [0.2, 0.25) is 0 Å². The first-order valence-corrected chi connectivity index (χ1v) is 9.46. The Morgan fingerprint density at radius 3 is 1.54 bits per heavy atom. The molecule has 2 aromatic heterocycles. The zero-order chi connectivity index (χ0) is 19.3. The van der Waals surface area contributed by atoms with Gasteiger partial charge in [-0.15, -0.1) is 0 Å². The molecule has 0 aliphatic heterocycles. The summed E-state index contributed by atoms with van der Waals surface area (Å²) in [6.45, 7) is 17.8. The maximum atomic E-state index is 4.90. The molecule has 0 N–H and O–H groups in total. The van der Waals surface area contributed by atoms with Gasteiger partial charge in [-0.05, 0) is 45.2 Å². The summed E-state index contributed by atoms with van der Waals surface area (Å²) in [5.74, 6) is 0.320. The van der Waals surface area contributed by atoms with Gasteiger partial charge in [0.05, 0.1) is 11.4 Å². The summed E-state index contributed by atoms with van der Waals surface area (Å²) < 4.78 is 4.36. The molecule has 0 aromatic carbocycles. The lowest BCUT2D eigenvalue weighted by atomic mass is 9.59. The van der Waals surface area contributed by atoms with Crippen LogP contribution in [0.5, 0.6) is 0 Å². The van der Waals surface area contributed by atoms with Crippen molar-refractivity contribution in [3.63, 3.8) is 0 Å². The lowest BCUT2D eigenvalue weighted by Gasteiger charge is -2.50. The van der Waals surface area contributed by atoms with Gasteiger partial charge in [0.1, 0.15) is 0 Å². The molecule has 2 heterocycles. The van der Waals surface area contributed by atoms with Crippen molar-refractivity contribution in [3.8, 4) is 0 Å². The summed E-state index contributed by atoms with van der Waals surface area (Å²) in [5, 5.41) is 9.79. The third-order valence-electron chi connectivity index (χ3n) is 6.15. The van der Waals surface area contributed by atoms with E-state index in [2.05, 4.69) is 101 Å². The normalized spacial score (nSPS) is 17.4. The van der Waals surface area contributed by atoms with E-state index in [4.69, 9.17) is 10.2 Å². The average Bonchev–Trinajstić information content (AvgIpc) is 3.21. The van der Waals surface area contributed by atoms with Crippen LogP contribution >= 0.6 is 0 Å². The lowest BCUT2D eigenvalue weighted by Crippen LogP contribution is -2.49. The maximum absolute atomic E-state index is 4.90. The third-order valence-corrected chi connectivity index (χ3v) is 6.15. The van der Waals surface area contributed by atoms with Crippen molar-refractivity contribution in [2.45, 2.75) is 61.6 Å². The molecule has 2 aromatic rings. The molecule has 4 nitrogen and oxygen atoms in total. The quantitative estimate of drug-likeness (QED) is 0.762. The van der Waals surface area contributed by atoms with Crippen LogP contribution < -0.4 is 0 Å². The van der Waals surface area contributed by atoms with Gasteiger partial charge in [0.2, 0.25) is 0 Å². The van der Waals surface area contributed by atoms with Crippen LogP contribution in [0.15, 0.2) is 36.4 Å². The van der Waals surface area contributed by atoms with Crippen LogP contribution in [0.4, 0.5) is 0 Å². The molecule has 0 saturated carbocycles. The van der Waals surface area contributed by atoms with Gasteiger partial charge in [0.25, 0.3) is 0 Å². The van der Waals surface area contributed by atoms with E-state index in [9.17, 15) is 0 Å². The zero-order valence-electron chi connectivity index (χ0n) is 17.4. The highest BCUT2D eigenvalue weighted by Crippen LogP contribution is 2.54. The molecular weight excluding hydrogens is 320 g/mol. The molecule has 0 saturated heterocycles. The highest BCUT2D eigenvalue weighted by atomic mass is 15.5. The fourth-order valence-corrected chi connectivity index (χ4v) is 4.29. The summed E-state index contributed by atoms with van der Waals surface area (Å²) in [6.07, 6.45) is 8.94. The summed E-state index contributed by atoms with van der Waals surface area (Å²) in [5.41, 5.74) is 4.33. The SMILES string of the molecule is Cc1cc(C)n(C(n2nc(C)cc2C)[C@](C)(C2C=CC=C2)C(C)(C)C)n1. The molecule has 3 rings (SSSR count). The molecule has 4 heteroatoms. The number of allylic oxidation sites excluding steroid dienone is 4. The fourth-order valence-electron chi connectivity index (χ4n) is 4.29. The minimum atomic E-state index is -0.122. The predicted molar refractivity (Wildman–Crippen MR) is 107 cm³/mol. The first kappa shape index (κ1) is 18.7. The van der Waals surface area contributed by atoms with Crippen molar-refractivity contribution >= 4 is 0 Å². The van der Waals surface area contributed by atoms with Crippen molar-refractivity contribution in [2.75, 3.05) is 0 Å². The molecule has 0 fully saturated rings. The van der Waals surface area contributed by atoms with Crippen LogP contribution in [0.25, 0.3) is 0 Å². The molecule has 0 radical (unpaired) electrons. The third kappa shape index (κ3) is 2.85. The van der Waals surface area contributed by atoms with Gasteiger partial charge in [0.15, 0.2) is 6.17 Å². The molecule has 0 spiro atoms. The van der Waals surface area contributed by atoms with Crippen molar-refractivity contribution < 1.29 is 0 Å². The van der Waals surface area contributed by atoms with Crippen LogP contribution in [0.3, 0.4) is 0 Å². The Balaban J connectivity index is 2.31. The molecule has 140 valence electrons. The Labute approximate surface area is 157 Å². The summed E-state index contributed by atoms with van der Waals surface area (Å²) in [4.78, 5) is 0. The fraction of sp³-hybridized carbons (Fsp3) is 0.545. The van der Waals surface area contributed by atoms with Crippen LogP contribution in [0.1, 0.15) is 56.6 Å². The van der Waals surface area contributed by atoms with Gasteiger partial charge in [0, 0.05) is 22.7 Å². The number of hydrogen-bond acceptors (Lipinski definition) is 2. The first-order valence-electron chi connectivity index (χ1n) is 9.46. The molecule has 0 bridgehead atoms. The van der Waals surface area contributed by atoms with Crippen LogP contribution in [-0.2, 0) is 0 Å². The van der Waals surface area contributed by atoms with Gasteiger partial charge < -0.3 is 0 Å². The van der Waals surface area contributed by atoms with Gasteiger partial charge in [-0.1, -0.05) is 52.0 Å². The Bertz CT molecular complexity index is 801. The summed E-state index contributed by atoms with van der Waals surface area (Å²) in [7, 11) is 0. The van der Waals surface area contributed by atoms with E-state index in [0.29, 0.717) is 5.92 Å². The zero-order valence-corrected chi connectivity index (χ0v) is 17.4. The minimum Gasteiger partial charge on any atom is -0.244 e. The Hall–Kier alpha value is -2.10. The molecule has 1 aliphatic carbocycles. The number of hydrogen-bond donors (Lipinski definition) is 0. The summed E-state index contributed by atoms with van der Waals surface area (Å²) in [6, 6.07) is 4.31. The number of aromatic nitrogens is 4. The Morgan fingerprint density at radius 1 is 0.808 bits per heavy atom. The summed E-state index contributed by atoms with van der Waals surface area (Å²) >= 11 is 0. The van der Waals surface area contributed by atoms with Crippen molar-refractivity contribution in [3.05, 3.63) is 59.2 Å². The van der Waals surface area contributed by atoms with Crippen molar-refractivity contribution in [1.29, 1.82) is 0 Å². The highest BCUT2D eigenvalue weighted by molar-refractivity contribution is 5.25. The first-order chi connectivity index (χ1) is 12.1. The standard InChI is InChI=1S/C22H32N4/c1-15-13-17(3)25(23-15)20(26-18(4)14-16(2)24-26)22(8,21(5,6)7)19-11-9-10-12-19/h9-14,19-20H,1-8H3/t22-/m0/s1. The average molecular weight is 353 g/mol. The van der Waals surface area contributed by atoms with Crippen molar-refractivity contribution in [2.24, 2.45) is 16.7 Å². The second-order valence-corrected chi connectivity index (χ2v) is 8.95. The molecule has 1 atom stereocenters. The van der Waals surface area contributed by atoms with E-state index >= 15 is 0 Å². The Kier molecular flexibility index (Phi) is 4.50. The van der Waals surface area contributed by atoms with E-state index < -0.39 is 0 Å². The second kappa shape index (κ2) is 6.26. The number of nitrogens with zero attached hydrogens (tertiary/aromatic N) is 4. The molecule has 26 heavy (non-hydrogen) atoms. The highest BCUT2D eigenvalue weighted by Gasteiger charge is 2.51. The lowest BCUT2D eigenvalue weighted by molar-refractivity contribution is -0.0129. The number of rotatable bonds is 4. The van der Waals surface area contributed by atoms with E-state index in [1.807, 2.05) is 0 Å². The van der Waals surface area contributed by atoms with E-state index in [1.165, 1.54) is 11.4 Å². The molecule has 1 aliphatic rings. The van der Waals surface area contributed by atoms with Gasteiger partial charge in [-0.2, -0.15) is 10.2 Å². The minimum absolute atomic E-state index is 0.0118. The van der Waals surface area contributed by atoms with E-state index in [1.54, 1.807) is 0 Å². The van der Waals surface area contributed by atoms with Crippen LogP contribution in [0, 0.1) is 44.4 Å². The topological polar surface area (TPSA) is 35.6 Å². The smallest absolute Gasteiger partial charge is 0.150 e. The maximum Gasteiger partial charge on any atom is 0.150 e. The predicted octanol–water partition coefficient (Wildman–Crippen LogP) is 5.15. The monoisotopic (exact) mass is 352 g/mol. The molecular formula is C22H32N4. The van der Waals surface area contributed by atoms with Crippen LogP contribution in [-0.4, -0.2) is 19.6 Å². The molecule has 0 unspecified atom stereocenters. The number of aryl methyl sites for hydroxylation is 4. The Morgan fingerprint density at radius 2 is 1.23 bits per heavy atom. The second-order valence-electron chi connectivity index (χ2n) is 8.95.